The summed E-state index contributed by atoms with van der Waals surface area (Å²) in [6.07, 6.45) is 8.16. The first-order valence-corrected chi connectivity index (χ1v) is 22.6. The van der Waals surface area contributed by atoms with Crippen LogP contribution < -0.4 is 26.3 Å². The number of imidazole rings is 1. The van der Waals surface area contributed by atoms with Gasteiger partial charge >= 0.3 is 0 Å². The number of rotatable bonds is 20. The summed E-state index contributed by atoms with van der Waals surface area (Å²) in [4.78, 5) is 93.0. The number of allylic oxidation sites excluding steroid dienone is 2. The number of primary amides is 2. The molecule has 0 saturated heterocycles. The van der Waals surface area contributed by atoms with E-state index < -0.39 is 29.5 Å². The Bertz CT molecular complexity index is 3300. The van der Waals surface area contributed by atoms with E-state index in [-0.39, 0.29) is 67.9 Å². The maximum Gasteiger partial charge on any atom is 0.276 e. The van der Waals surface area contributed by atoms with Gasteiger partial charge in [0.15, 0.2) is 5.82 Å². The van der Waals surface area contributed by atoms with Crippen molar-refractivity contribution >= 4 is 74.4 Å². The van der Waals surface area contributed by atoms with E-state index in [4.69, 9.17) is 35.9 Å². The van der Waals surface area contributed by atoms with Gasteiger partial charge in [0, 0.05) is 93.0 Å². The Morgan fingerprint density at radius 1 is 0.800 bits per heavy atom. The highest BCUT2D eigenvalue weighted by Gasteiger charge is 2.26. The number of fused-ring (bicyclic) bond motifs is 4. The smallest absolute Gasteiger partial charge is 0.276 e. The Hall–Kier alpha value is -8.69. The van der Waals surface area contributed by atoms with E-state index in [1.54, 1.807) is 47.6 Å². The molecule has 2 aromatic carbocycles. The van der Waals surface area contributed by atoms with Crippen LogP contribution in [0.3, 0.4) is 0 Å². The number of nitrogens with zero attached hydrogens (tertiary/aromatic N) is 11. The predicted octanol–water partition coefficient (Wildman–Crippen LogP) is 3.91. The number of carbonyl (C=O) groups excluding carboxylic acids is 6. The molecule has 0 aliphatic carbocycles. The van der Waals surface area contributed by atoms with Gasteiger partial charge in [-0.15, -0.1) is 0 Å². The van der Waals surface area contributed by atoms with Crippen LogP contribution in [0.4, 0.5) is 5.95 Å². The summed E-state index contributed by atoms with van der Waals surface area (Å²) in [5.74, 6) is -1.76. The van der Waals surface area contributed by atoms with Crippen LogP contribution in [0.2, 0.25) is 0 Å². The van der Waals surface area contributed by atoms with Gasteiger partial charge < -0.3 is 35.0 Å². The second-order valence-electron chi connectivity index (χ2n) is 16.6. The fourth-order valence-electron chi connectivity index (χ4n) is 8.44. The van der Waals surface area contributed by atoms with Crippen LogP contribution in [-0.4, -0.2) is 123 Å². The number of imide groups is 1. The number of nitrogens with one attached hydrogen (secondary N) is 1. The summed E-state index contributed by atoms with van der Waals surface area (Å²) in [6, 6.07) is 9.91. The monoisotopic (exact) mass is 952 g/mol. The summed E-state index contributed by atoms with van der Waals surface area (Å²) in [5.41, 5.74) is 16.4. The lowest BCUT2D eigenvalue weighted by molar-refractivity contribution is -0.138. The Morgan fingerprint density at radius 2 is 1.46 bits per heavy atom. The fourth-order valence-corrected chi connectivity index (χ4v) is 8.44. The van der Waals surface area contributed by atoms with Crippen LogP contribution in [-0.2, 0) is 40.6 Å². The molecule has 6 heterocycles. The zero-order valence-corrected chi connectivity index (χ0v) is 39.6. The van der Waals surface area contributed by atoms with Crippen LogP contribution in [0.5, 0.6) is 11.5 Å². The number of carbonyl (C=O) groups is 6. The van der Waals surface area contributed by atoms with E-state index in [0.29, 0.717) is 75.4 Å². The second kappa shape index (κ2) is 19.9. The van der Waals surface area contributed by atoms with E-state index in [2.05, 4.69) is 15.5 Å². The maximum atomic E-state index is 13.9. The number of methoxy groups -OCH3 is 1. The molecule has 0 bridgehead atoms. The topological polar surface area (TPSA) is 276 Å². The average Bonchev–Trinajstić information content (AvgIpc) is 4.16. The predicted molar refractivity (Wildman–Crippen MR) is 258 cm³/mol. The lowest BCUT2D eigenvalue weighted by Gasteiger charge is -2.19. The number of benzene rings is 2. The zero-order valence-electron chi connectivity index (χ0n) is 39.6. The summed E-state index contributed by atoms with van der Waals surface area (Å²) in [5, 5.41) is 13.3. The van der Waals surface area contributed by atoms with Gasteiger partial charge in [0.05, 0.1) is 36.1 Å². The Kier molecular flexibility index (Phi) is 13.6. The minimum absolute atomic E-state index is 0.0360. The normalized spacial score (nSPS) is 12.6. The quantitative estimate of drug-likeness (QED) is 0.0556. The molecule has 1 aliphatic rings. The minimum atomic E-state index is -0.726. The van der Waals surface area contributed by atoms with E-state index in [9.17, 15) is 28.8 Å². The molecule has 8 rings (SSSR count). The van der Waals surface area contributed by atoms with Crippen molar-refractivity contribution in [3.05, 3.63) is 95.1 Å². The number of nitrogens with two attached hydrogens (primary N) is 2. The molecule has 5 aromatic heterocycles. The lowest BCUT2D eigenvalue weighted by atomic mass is 10.1. The number of aromatic nitrogens is 9. The molecule has 5 N–H and O–H groups in total. The largest absolute Gasteiger partial charge is 0.495 e. The van der Waals surface area contributed by atoms with Crippen molar-refractivity contribution in [2.75, 3.05) is 39.2 Å². The highest BCUT2D eigenvalue weighted by atomic mass is 16.5. The highest BCUT2D eigenvalue weighted by Crippen LogP contribution is 2.37. The van der Waals surface area contributed by atoms with Gasteiger partial charge in [-0.05, 0) is 70.5 Å². The first kappa shape index (κ1) is 47.8. The van der Waals surface area contributed by atoms with Gasteiger partial charge in [0.25, 0.3) is 17.7 Å². The zero-order chi connectivity index (χ0) is 50.0. The van der Waals surface area contributed by atoms with Crippen LogP contribution >= 0.6 is 0 Å². The summed E-state index contributed by atoms with van der Waals surface area (Å²) in [6.45, 7) is 9.31. The molecule has 0 atom stereocenters. The first-order chi connectivity index (χ1) is 33.6. The number of hydrogen-bond donors (Lipinski definition) is 3. The van der Waals surface area contributed by atoms with Crippen LogP contribution in [0, 0.1) is 13.8 Å². The third kappa shape index (κ3) is 9.42. The number of aryl methyl sites for hydroxylation is 4. The SMILES string of the molecule is CCn1nc(C)cc1C(=O)Nc1nc2cc(C(N)=O)cc(OCCCN(C)C(=O)CCN3C(=O)C=CC3=O)c2n1C/C=C/Cn1c2nc(-c3cc(C)nn3CC)ncc2c2cc(C(N)=O)cc(OC)c21. The van der Waals surface area contributed by atoms with Crippen molar-refractivity contribution in [2.24, 2.45) is 11.5 Å². The standard InChI is InChI=1S/C48H52N14O8/c1-7-61-34(20-27(3)55-61)45-51-26-32-31-22-29(43(49)66)24-36(69-6)41(31)59(46(32)53-45)16-9-10-17-60-42-33(52-48(60)54-47(68)35-21-28(4)56-62(35)8-2)23-30(44(50)67)25-37(42)70-19-11-15-57(5)38(63)14-18-58-39(64)12-13-40(58)65/h9-10,12-13,20-26H,7-8,11,14-19H2,1-6H3,(H2,49,66)(H2,50,67)(H,52,54,68)/b10-9+. The summed E-state index contributed by atoms with van der Waals surface area (Å²) < 4.78 is 19.3. The molecule has 1 aliphatic heterocycles. The molecule has 0 spiro atoms. The molecular formula is C48H52N14O8. The van der Waals surface area contributed by atoms with Gasteiger partial charge in [0.1, 0.15) is 34.1 Å². The van der Waals surface area contributed by atoms with Crippen LogP contribution in [0.25, 0.3) is 44.5 Å². The molecule has 22 heteroatoms. The van der Waals surface area contributed by atoms with E-state index >= 15 is 0 Å². The van der Waals surface area contributed by atoms with Gasteiger partial charge in [0.2, 0.25) is 23.7 Å². The molecular weight excluding hydrogens is 901 g/mol. The van der Waals surface area contributed by atoms with Crippen molar-refractivity contribution in [1.82, 2.24) is 53.4 Å². The number of hydrogen-bond acceptors (Lipinski definition) is 13. The molecule has 22 nitrogen and oxygen atoms in total. The van der Waals surface area contributed by atoms with Crippen molar-refractivity contribution in [1.29, 1.82) is 0 Å². The number of amides is 6. The highest BCUT2D eigenvalue weighted by molar-refractivity contribution is 6.13. The van der Waals surface area contributed by atoms with Crippen molar-refractivity contribution in [2.45, 2.75) is 66.7 Å². The van der Waals surface area contributed by atoms with Gasteiger partial charge in [-0.25, -0.2) is 15.0 Å². The molecule has 70 heavy (non-hydrogen) atoms. The van der Waals surface area contributed by atoms with E-state index in [1.165, 1.54) is 36.3 Å². The van der Waals surface area contributed by atoms with Crippen molar-refractivity contribution in [3.8, 4) is 23.0 Å². The molecule has 0 unspecified atom stereocenters. The van der Waals surface area contributed by atoms with Crippen molar-refractivity contribution in [3.63, 3.8) is 0 Å². The Morgan fingerprint density at radius 3 is 2.14 bits per heavy atom. The fraction of sp³-hybridized carbons (Fsp3) is 0.312. The van der Waals surface area contributed by atoms with E-state index in [0.717, 1.165) is 16.3 Å². The first-order valence-electron chi connectivity index (χ1n) is 22.6. The molecule has 6 amide bonds. The number of anilines is 1. The third-order valence-corrected chi connectivity index (χ3v) is 11.9. The van der Waals surface area contributed by atoms with Gasteiger partial charge in [-0.2, -0.15) is 10.2 Å². The molecule has 0 fully saturated rings. The van der Waals surface area contributed by atoms with Gasteiger partial charge in [-0.1, -0.05) is 12.2 Å². The lowest BCUT2D eigenvalue weighted by Crippen LogP contribution is -2.36. The Labute approximate surface area is 400 Å². The number of ether oxygens (including phenoxy) is 2. The second-order valence-corrected chi connectivity index (χ2v) is 16.6. The van der Waals surface area contributed by atoms with Crippen LogP contribution in [0.15, 0.2) is 66.9 Å². The Balaban J connectivity index is 1.13. The molecule has 7 aromatic rings. The third-order valence-electron chi connectivity index (χ3n) is 11.9. The molecule has 0 saturated carbocycles. The van der Waals surface area contributed by atoms with Crippen molar-refractivity contribution < 1.29 is 38.2 Å². The maximum absolute atomic E-state index is 13.9. The molecule has 362 valence electrons. The average molecular weight is 953 g/mol. The van der Waals surface area contributed by atoms with Crippen LogP contribution in [0.1, 0.15) is 69.3 Å². The molecule has 0 radical (unpaired) electrons. The summed E-state index contributed by atoms with van der Waals surface area (Å²) >= 11 is 0. The van der Waals surface area contributed by atoms with Gasteiger partial charge in [-0.3, -0.25) is 48.3 Å². The van der Waals surface area contributed by atoms with E-state index in [1.807, 2.05) is 48.2 Å². The minimum Gasteiger partial charge on any atom is -0.495 e. The summed E-state index contributed by atoms with van der Waals surface area (Å²) in [7, 11) is 3.13.